The number of hydrogen-bond donors (Lipinski definition) is 1. The molecule has 2 heterocycles. The van der Waals surface area contributed by atoms with Gasteiger partial charge in [-0.05, 0) is 37.3 Å². The van der Waals surface area contributed by atoms with E-state index in [1.807, 2.05) is 25.1 Å². The third-order valence-electron chi connectivity index (χ3n) is 3.97. The molecule has 0 spiro atoms. The van der Waals surface area contributed by atoms with Crippen LogP contribution >= 0.6 is 27.7 Å². The van der Waals surface area contributed by atoms with Gasteiger partial charge >= 0.3 is 0 Å². The Balaban J connectivity index is 1.78. The van der Waals surface area contributed by atoms with E-state index in [-0.39, 0.29) is 23.6 Å². The van der Waals surface area contributed by atoms with Crippen molar-refractivity contribution in [3.63, 3.8) is 0 Å². The summed E-state index contributed by atoms with van der Waals surface area (Å²) in [6.07, 6.45) is 3.24. The molecule has 0 atom stereocenters. The maximum absolute atomic E-state index is 12.5. The fourth-order valence-corrected chi connectivity index (χ4v) is 3.68. The molecule has 1 N–H and O–H groups in total. The maximum atomic E-state index is 12.5. The number of nitrogens with one attached hydrogen (secondary N) is 1. The number of carbonyl (C=O) groups excluding carboxylic acids is 1. The molecule has 150 valence electrons. The van der Waals surface area contributed by atoms with E-state index < -0.39 is 0 Å². The quantitative estimate of drug-likeness (QED) is 0.415. The topological polar surface area (TPSA) is 86.1 Å². The van der Waals surface area contributed by atoms with E-state index in [0.717, 1.165) is 10.2 Å². The van der Waals surface area contributed by atoms with Crippen LogP contribution < -0.4 is 15.5 Å². The summed E-state index contributed by atoms with van der Waals surface area (Å²) in [5.41, 5.74) is 1.99. The standard InChI is InChI=1S/C20H19BrN4O3S/c1-13-7-8-22-20(23-13)29-12-16-9-17(26)18(28-2)10-25(16)11-19(27)24-15-5-3-14(21)4-6-15/h3-10H,11-12H2,1-2H3,(H,24,27). The van der Waals surface area contributed by atoms with Gasteiger partial charge in [-0.1, -0.05) is 27.7 Å². The average molecular weight is 475 g/mol. The van der Waals surface area contributed by atoms with Crippen LogP contribution in [0.25, 0.3) is 0 Å². The molecule has 0 aliphatic rings. The van der Waals surface area contributed by atoms with Crippen molar-refractivity contribution in [2.75, 3.05) is 12.4 Å². The number of halogens is 1. The predicted octanol–water partition coefficient (Wildman–Crippen LogP) is 3.65. The second-order valence-corrected chi connectivity index (χ2v) is 8.01. The van der Waals surface area contributed by atoms with Crippen LogP contribution in [0.1, 0.15) is 11.4 Å². The molecule has 0 bridgehead atoms. The minimum atomic E-state index is -0.238. The third kappa shape index (κ3) is 5.91. The van der Waals surface area contributed by atoms with Crippen molar-refractivity contribution in [3.8, 4) is 5.75 Å². The van der Waals surface area contributed by atoms with Gasteiger partial charge in [0.15, 0.2) is 10.9 Å². The lowest BCUT2D eigenvalue weighted by atomic mass is 10.3. The lowest BCUT2D eigenvalue weighted by Crippen LogP contribution is -2.22. The normalized spacial score (nSPS) is 10.6. The van der Waals surface area contributed by atoms with Crippen LogP contribution in [0.15, 0.2) is 63.2 Å². The first-order valence-corrected chi connectivity index (χ1v) is 10.5. The molecule has 7 nitrogen and oxygen atoms in total. The molecule has 0 aliphatic heterocycles. The second-order valence-electron chi connectivity index (χ2n) is 6.15. The molecule has 0 aliphatic carbocycles. The first kappa shape index (κ1) is 21.1. The maximum Gasteiger partial charge on any atom is 0.244 e. The Morgan fingerprint density at radius 2 is 2.03 bits per heavy atom. The van der Waals surface area contributed by atoms with E-state index in [9.17, 15) is 9.59 Å². The zero-order valence-corrected chi connectivity index (χ0v) is 18.3. The smallest absolute Gasteiger partial charge is 0.244 e. The Hall–Kier alpha value is -2.65. The number of methoxy groups -OCH3 is 1. The number of amides is 1. The van der Waals surface area contributed by atoms with Gasteiger partial charge in [-0.25, -0.2) is 9.97 Å². The Kier molecular flexibility index (Phi) is 7.05. The summed E-state index contributed by atoms with van der Waals surface area (Å²) in [5.74, 6) is 0.409. The van der Waals surface area contributed by atoms with E-state index in [1.54, 1.807) is 29.1 Å². The number of rotatable bonds is 7. The van der Waals surface area contributed by atoms with Crippen LogP contribution in [0.4, 0.5) is 5.69 Å². The van der Waals surface area contributed by atoms with Gasteiger partial charge in [-0.15, -0.1) is 0 Å². The fourth-order valence-electron chi connectivity index (χ4n) is 2.54. The number of pyridine rings is 1. The van der Waals surface area contributed by atoms with E-state index in [4.69, 9.17) is 4.74 Å². The first-order chi connectivity index (χ1) is 13.9. The summed E-state index contributed by atoms with van der Waals surface area (Å²) < 4.78 is 7.77. The van der Waals surface area contributed by atoms with E-state index in [2.05, 4.69) is 31.2 Å². The first-order valence-electron chi connectivity index (χ1n) is 8.70. The minimum absolute atomic E-state index is 0.0390. The van der Waals surface area contributed by atoms with Crippen molar-refractivity contribution in [1.82, 2.24) is 14.5 Å². The number of anilines is 1. The Morgan fingerprint density at radius 1 is 1.28 bits per heavy atom. The number of hydrogen-bond acceptors (Lipinski definition) is 6. The molecular formula is C20H19BrN4O3S. The highest BCUT2D eigenvalue weighted by Gasteiger charge is 2.12. The molecule has 3 rings (SSSR count). The number of benzene rings is 1. The summed E-state index contributed by atoms with van der Waals surface area (Å²) in [6, 6.07) is 10.6. The molecular weight excluding hydrogens is 456 g/mol. The number of ether oxygens (including phenoxy) is 1. The second kappa shape index (κ2) is 9.71. The number of nitrogens with zero attached hydrogens (tertiary/aromatic N) is 3. The SMILES string of the molecule is COc1cn(CC(=O)Nc2ccc(Br)cc2)c(CSc2nccc(C)n2)cc1=O. The Morgan fingerprint density at radius 3 is 2.72 bits per heavy atom. The highest BCUT2D eigenvalue weighted by Crippen LogP contribution is 2.20. The van der Waals surface area contributed by atoms with Gasteiger partial charge in [0.25, 0.3) is 0 Å². The van der Waals surface area contributed by atoms with E-state index in [0.29, 0.717) is 22.3 Å². The van der Waals surface area contributed by atoms with Crippen LogP contribution in [0, 0.1) is 6.92 Å². The number of thioether (sulfide) groups is 1. The van der Waals surface area contributed by atoms with Gasteiger partial charge in [0.1, 0.15) is 6.54 Å². The van der Waals surface area contributed by atoms with Crippen LogP contribution in [0.2, 0.25) is 0 Å². The van der Waals surface area contributed by atoms with Gasteiger partial charge in [-0.3, -0.25) is 9.59 Å². The summed E-state index contributed by atoms with van der Waals surface area (Å²) >= 11 is 4.76. The van der Waals surface area contributed by atoms with Crippen LogP contribution in [0.5, 0.6) is 5.75 Å². The number of aryl methyl sites for hydroxylation is 1. The molecule has 3 aromatic rings. The molecule has 0 saturated heterocycles. The summed E-state index contributed by atoms with van der Waals surface area (Å²) in [6.45, 7) is 1.93. The third-order valence-corrected chi connectivity index (χ3v) is 5.39. The molecule has 1 amide bonds. The van der Waals surface area contributed by atoms with Crippen molar-refractivity contribution >= 4 is 39.3 Å². The van der Waals surface area contributed by atoms with E-state index in [1.165, 1.54) is 24.9 Å². The lowest BCUT2D eigenvalue weighted by molar-refractivity contribution is -0.116. The molecule has 1 aromatic carbocycles. The highest BCUT2D eigenvalue weighted by molar-refractivity contribution is 9.10. The van der Waals surface area contributed by atoms with Crippen molar-refractivity contribution in [2.24, 2.45) is 0 Å². The van der Waals surface area contributed by atoms with Crippen molar-refractivity contribution in [3.05, 3.63) is 74.9 Å². The molecule has 29 heavy (non-hydrogen) atoms. The van der Waals surface area contributed by atoms with Crippen LogP contribution in [0.3, 0.4) is 0 Å². The van der Waals surface area contributed by atoms with Crippen LogP contribution in [-0.2, 0) is 17.1 Å². The molecule has 9 heteroatoms. The van der Waals surface area contributed by atoms with Gasteiger partial charge < -0.3 is 14.6 Å². The van der Waals surface area contributed by atoms with Gasteiger partial charge in [0.2, 0.25) is 11.3 Å². The average Bonchev–Trinajstić information content (AvgIpc) is 2.69. The lowest BCUT2D eigenvalue weighted by Gasteiger charge is -2.14. The summed E-state index contributed by atoms with van der Waals surface area (Å²) in [5, 5.41) is 3.46. The summed E-state index contributed by atoms with van der Waals surface area (Å²) in [4.78, 5) is 33.3. The van der Waals surface area contributed by atoms with Crippen molar-refractivity contribution < 1.29 is 9.53 Å². The summed E-state index contributed by atoms with van der Waals surface area (Å²) in [7, 11) is 1.43. The molecule has 0 fully saturated rings. The van der Waals surface area contributed by atoms with Gasteiger partial charge in [-0.2, -0.15) is 0 Å². The Labute approximate surface area is 180 Å². The van der Waals surface area contributed by atoms with Crippen LogP contribution in [-0.4, -0.2) is 27.6 Å². The number of aromatic nitrogens is 3. The van der Waals surface area contributed by atoms with Crippen molar-refractivity contribution in [2.45, 2.75) is 24.4 Å². The minimum Gasteiger partial charge on any atom is -0.491 e. The molecule has 2 aromatic heterocycles. The highest BCUT2D eigenvalue weighted by atomic mass is 79.9. The van der Waals surface area contributed by atoms with E-state index >= 15 is 0 Å². The molecule has 0 saturated carbocycles. The fraction of sp³-hybridized carbons (Fsp3) is 0.200. The monoisotopic (exact) mass is 474 g/mol. The van der Waals surface area contributed by atoms with Gasteiger partial charge in [0.05, 0.1) is 13.3 Å². The van der Waals surface area contributed by atoms with Gasteiger partial charge in [0, 0.05) is 39.6 Å². The molecule has 0 radical (unpaired) electrons. The predicted molar refractivity (Wildman–Crippen MR) is 116 cm³/mol. The zero-order chi connectivity index (χ0) is 20.8. The largest absolute Gasteiger partial charge is 0.491 e. The Bertz CT molecular complexity index is 1070. The molecule has 0 unspecified atom stereocenters. The zero-order valence-electron chi connectivity index (χ0n) is 15.9. The van der Waals surface area contributed by atoms with Crippen molar-refractivity contribution in [1.29, 1.82) is 0 Å². The number of carbonyl (C=O) groups is 1.